The van der Waals surface area contributed by atoms with Crippen molar-refractivity contribution in [3.63, 3.8) is 0 Å². The topological polar surface area (TPSA) is 50.3 Å². The third kappa shape index (κ3) is 2.95. The van der Waals surface area contributed by atoms with Crippen LogP contribution in [0.4, 0.5) is 5.69 Å². The minimum Gasteiger partial charge on any atom is -0.371 e. The van der Waals surface area contributed by atoms with Gasteiger partial charge in [0.15, 0.2) is 11.6 Å². The molecular formula is C27H22N2O2. The highest BCUT2D eigenvalue weighted by Gasteiger charge is 2.32. The standard InChI is InChI=1S/C27H22N2O2/c1-3-29(4-2)23-16-22(17-10-6-5-7-11-17)28-25-20(23)14-15-21-24(25)27(31)19-13-9-8-12-18(19)26(21)30/h5-16H,3-4H2,1-2H3. The molecule has 4 heteroatoms. The zero-order valence-electron chi connectivity index (χ0n) is 17.6. The lowest BCUT2D eigenvalue weighted by Crippen LogP contribution is -2.24. The van der Waals surface area contributed by atoms with E-state index in [4.69, 9.17) is 4.98 Å². The van der Waals surface area contributed by atoms with Crippen LogP contribution < -0.4 is 4.90 Å². The first-order chi connectivity index (χ1) is 15.1. The Labute approximate surface area is 181 Å². The van der Waals surface area contributed by atoms with Gasteiger partial charge in [0.25, 0.3) is 0 Å². The number of hydrogen-bond donors (Lipinski definition) is 0. The largest absolute Gasteiger partial charge is 0.371 e. The van der Waals surface area contributed by atoms with Crippen LogP contribution in [0.1, 0.15) is 45.7 Å². The van der Waals surface area contributed by atoms with Gasteiger partial charge in [0.05, 0.1) is 16.8 Å². The maximum Gasteiger partial charge on any atom is 0.196 e. The van der Waals surface area contributed by atoms with Gasteiger partial charge in [-0.25, -0.2) is 4.98 Å². The quantitative estimate of drug-likeness (QED) is 0.394. The minimum atomic E-state index is -0.140. The van der Waals surface area contributed by atoms with Gasteiger partial charge in [-0.05, 0) is 32.0 Å². The van der Waals surface area contributed by atoms with Crippen molar-refractivity contribution in [2.24, 2.45) is 0 Å². The summed E-state index contributed by atoms with van der Waals surface area (Å²) >= 11 is 0. The van der Waals surface area contributed by atoms with E-state index in [0.29, 0.717) is 27.8 Å². The van der Waals surface area contributed by atoms with E-state index in [-0.39, 0.29) is 11.6 Å². The first-order valence-corrected chi connectivity index (χ1v) is 10.6. The zero-order valence-corrected chi connectivity index (χ0v) is 17.6. The Hall–Kier alpha value is -3.79. The highest BCUT2D eigenvalue weighted by atomic mass is 16.1. The predicted molar refractivity (Wildman–Crippen MR) is 124 cm³/mol. The smallest absolute Gasteiger partial charge is 0.196 e. The molecule has 31 heavy (non-hydrogen) atoms. The Kier molecular flexibility index (Phi) is 4.63. The van der Waals surface area contributed by atoms with E-state index >= 15 is 0 Å². The molecule has 152 valence electrons. The van der Waals surface area contributed by atoms with Crippen molar-refractivity contribution in [2.45, 2.75) is 13.8 Å². The first kappa shape index (κ1) is 19.2. The third-order valence-electron chi connectivity index (χ3n) is 6.02. The molecule has 4 nitrogen and oxygen atoms in total. The van der Waals surface area contributed by atoms with E-state index in [2.05, 4.69) is 24.8 Å². The molecule has 0 radical (unpaired) electrons. The lowest BCUT2D eigenvalue weighted by molar-refractivity contribution is 0.0980. The Bertz CT molecular complexity index is 1340. The van der Waals surface area contributed by atoms with Crippen molar-refractivity contribution in [2.75, 3.05) is 18.0 Å². The van der Waals surface area contributed by atoms with Gasteiger partial charge in [-0.2, -0.15) is 0 Å². The molecular weight excluding hydrogens is 384 g/mol. The fourth-order valence-electron chi connectivity index (χ4n) is 4.43. The van der Waals surface area contributed by atoms with Crippen LogP contribution in [0.15, 0.2) is 72.8 Å². The molecule has 0 N–H and O–H groups in total. The number of aromatic nitrogens is 1. The monoisotopic (exact) mass is 406 g/mol. The Morgan fingerprint density at radius 2 is 1.39 bits per heavy atom. The van der Waals surface area contributed by atoms with Crippen LogP contribution in [0.25, 0.3) is 22.2 Å². The second kappa shape index (κ2) is 7.47. The number of fused-ring (bicyclic) bond motifs is 4. The number of rotatable bonds is 4. The fourth-order valence-corrected chi connectivity index (χ4v) is 4.43. The molecule has 0 saturated carbocycles. The summed E-state index contributed by atoms with van der Waals surface area (Å²) < 4.78 is 0. The van der Waals surface area contributed by atoms with Crippen LogP contribution >= 0.6 is 0 Å². The van der Waals surface area contributed by atoms with Crippen molar-refractivity contribution < 1.29 is 9.59 Å². The molecule has 0 fully saturated rings. The first-order valence-electron chi connectivity index (χ1n) is 10.6. The summed E-state index contributed by atoms with van der Waals surface area (Å²) in [4.78, 5) is 33.9. The van der Waals surface area contributed by atoms with E-state index in [0.717, 1.165) is 35.4 Å². The van der Waals surface area contributed by atoms with E-state index in [9.17, 15) is 9.59 Å². The fraction of sp³-hybridized carbons (Fsp3) is 0.148. The van der Waals surface area contributed by atoms with Gasteiger partial charge in [0.1, 0.15) is 0 Å². The molecule has 0 unspecified atom stereocenters. The molecule has 0 saturated heterocycles. The highest BCUT2D eigenvalue weighted by Crippen LogP contribution is 2.37. The Morgan fingerprint density at radius 3 is 2.06 bits per heavy atom. The average Bonchev–Trinajstić information content (AvgIpc) is 2.83. The molecule has 3 aromatic carbocycles. The summed E-state index contributed by atoms with van der Waals surface area (Å²) in [7, 11) is 0. The molecule has 0 spiro atoms. The van der Waals surface area contributed by atoms with Crippen LogP contribution in [-0.4, -0.2) is 29.6 Å². The van der Waals surface area contributed by atoms with Crippen molar-refractivity contribution in [1.82, 2.24) is 4.98 Å². The van der Waals surface area contributed by atoms with Crippen LogP contribution in [0.2, 0.25) is 0 Å². The van der Waals surface area contributed by atoms with Crippen LogP contribution in [0.5, 0.6) is 0 Å². The van der Waals surface area contributed by atoms with Crippen molar-refractivity contribution in [3.05, 3.63) is 95.1 Å². The number of carbonyl (C=O) groups is 2. The van der Waals surface area contributed by atoms with E-state index in [1.54, 1.807) is 30.3 Å². The second-order valence-electron chi connectivity index (χ2n) is 7.65. The highest BCUT2D eigenvalue weighted by molar-refractivity contribution is 6.32. The Morgan fingerprint density at radius 1 is 0.742 bits per heavy atom. The summed E-state index contributed by atoms with van der Waals surface area (Å²) in [5.41, 5.74) is 5.13. The molecule has 5 rings (SSSR count). The predicted octanol–water partition coefficient (Wildman–Crippen LogP) is 5.52. The molecule has 1 heterocycles. The number of anilines is 1. The second-order valence-corrected chi connectivity index (χ2v) is 7.65. The summed E-state index contributed by atoms with van der Waals surface area (Å²) in [6.07, 6.45) is 0. The zero-order chi connectivity index (χ0) is 21.5. The van der Waals surface area contributed by atoms with Crippen molar-refractivity contribution in [3.8, 4) is 11.3 Å². The van der Waals surface area contributed by atoms with Crippen LogP contribution in [0.3, 0.4) is 0 Å². The van der Waals surface area contributed by atoms with Gasteiger partial charge >= 0.3 is 0 Å². The molecule has 4 aromatic rings. The van der Waals surface area contributed by atoms with E-state index < -0.39 is 0 Å². The molecule has 0 aliphatic heterocycles. The lowest BCUT2D eigenvalue weighted by Gasteiger charge is -2.25. The molecule has 1 aromatic heterocycles. The summed E-state index contributed by atoms with van der Waals surface area (Å²) in [5.74, 6) is -0.262. The minimum absolute atomic E-state index is 0.122. The maximum atomic E-state index is 13.5. The van der Waals surface area contributed by atoms with Crippen LogP contribution in [-0.2, 0) is 0 Å². The van der Waals surface area contributed by atoms with Gasteiger partial charge in [0.2, 0.25) is 0 Å². The average molecular weight is 406 g/mol. The third-order valence-corrected chi connectivity index (χ3v) is 6.02. The summed E-state index contributed by atoms with van der Waals surface area (Å²) in [5, 5.41) is 0.891. The van der Waals surface area contributed by atoms with Gasteiger partial charge < -0.3 is 4.90 Å². The number of pyridine rings is 1. The molecule has 0 bridgehead atoms. The molecule has 1 aliphatic carbocycles. The molecule has 0 amide bonds. The van der Waals surface area contributed by atoms with Gasteiger partial charge in [-0.1, -0.05) is 54.6 Å². The number of carbonyl (C=O) groups excluding carboxylic acids is 2. The number of nitrogens with zero attached hydrogens (tertiary/aromatic N) is 2. The van der Waals surface area contributed by atoms with Crippen molar-refractivity contribution in [1.29, 1.82) is 0 Å². The van der Waals surface area contributed by atoms with Gasteiger partial charge in [-0.15, -0.1) is 0 Å². The van der Waals surface area contributed by atoms with Gasteiger partial charge in [-0.3, -0.25) is 9.59 Å². The normalized spacial score (nSPS) is 12.6. The molecule has 1 aliphatic rings. The maximum absolute atomic E-state index is 13.5. The number of ketones is 2. The Balaban J connectivity index is 1.86. The SMILES string of the molecule is CCN(CC)c1cc(-c2ccccc2)nc2c3c(ccc12)C(=O)c1ccccc1C3=O. The summed E-state index contributed by atoms with van der Waals surface area (Å²) in [6.45, 7) is 5.88. The lowest BCUT2D eigenvalue weighted by atomic mass is 9.82. The summed E-state index contributed by atoms with van der Waals surface area (Å²) in [6, 6.07) is 22.8. The number of hydrogen-bond acceptors (Lipinski definition) is 4. The molecule has 0 atom stereocenters. The van der Waals surface area contributed by atoms with Crippen molar-refractivity contribution >= 4 is 28.2 Å². The van der Waals surface area contributed by atoms with Gasteiger partial charge in [0, 0.05) is 46.4 Å². The number of benzene rings is 3. The van der Waals surface area contributed by atoms with E-state index in [1.807, 2.05) is 36.4 Å². The van der Waals surface area contributed by atoms with E-state index in [1.165, 1.54) is 0 Å². The van der Waals surface area contributed by atoms with Crippen LogP contribution in [0, 0.1) is 0 Å².